The molecule has 2 fully saturated rings. The van der Waals surface area contributed by atoms with E-state index in [4.69, 9.17) is 0 Å². The maximum absolute atomic E-state index is 12.6. The zero-order valence-corrected chi connectivity index (χ0v) is 11.5. The van der Waals surface area contributed by atoms with Crippen molar-refractivity contribution < 1.29 is 4.79 Å². The van der Waals surface area contributed by atoms with Crippen molar-refractivity contribution in [2.75, 3.05) is 13.1 Å². The summed E-state index contributed by atoms with van der Waals surface area (Å²) < 4.78 is 1.81. The van der Waals surface area contributed by atoms with E-state index in [9.17, 15) is 4.79 Å². The Morgan fingerprint density at radius 2 is 2.32 bits per heavy atom. The minimum Gasteiger partial charge on any atom is -0.333 e. The number of hydrogen-bond donors (Lipinski definition) is 1. The summed E-state index contributed by atoms with van der Waals surface area (Å²) in [5.41, 5.74) is 0.697. The Labute approximate surface area is 114 Å². The van der Waals surface area contributed by atoms with Gasteiger partial charge in [0.05, 0.1) is 12.5 Å². The van der Waals surface area contributed by atoms with E-state index in [1.807, 2.05) is 11.6 Å². The molecule has 1 unspecified atom stereocenters. The summed E-state index contributed by atoms with van der Waals surface area (Å²) in [7, 11) is 1.88. The van der Waals surface area contributed by atoms with Gasteiger partial charge in [-0.2, -0.15) is 0 Å². The van der Waals surface area contributed by atoms with E-state index in [2.05, 4.69) is 15.2 Å². The first kappa shape index (κ1) is 12.7. The van der Waals surface area contributed by atoms with Crippen LogP contribution in [0, 0.1) is 0 Å². The molecule has 1 aliphatic heterocycles. The summed E-state index contributed by atoms with van der Waals surface area (Å²) in [4.78, 5) is 18.7. The van der Waals surface area contributed by atoms with Gasteiger partial charge < -0.3 is 14.8 Å². The molecule has 5 nitrogen and oxygen atoms in total. The van der Waals surface area contributed by atoms with Crippen LogP contribution in [-0.2, 0) is 7.05 Å². The van der Waals surface area contributed by atoms with Crippen LogP contribution in [0.3, 0.4) is 0 Å². The smallest absolute Gasteiger partial charge is 0.272 e. The lowest BCUT2D eigenvalue weighted by Gasteiger charge is -2.30. The maximum atomic E-state index is 12.6. The summed E-state index contributed by atoms with van der Waals surface area (Å²) in [6.45, 7) is 1.93. The van der Waals surface area contributed by atoms with Gasteiger partial charge in [0, 0.05) is 25.7 Å². The van der Waals surface area contributed by atoms with Crippen molar-refractivity contribution in [2.45, 2.75) is 44.2 Å². The van der Waals surface area contributed by atoms with Crippen LogP contribution in [0.4, 0.5) is 0 Å². The molecule has 1 N–H and O–H groups in total. The Hall–Kier alpha value is -1.36. The molecular weight excluding hydrogens is 240 g/mol. The van der Waals surface area contributed by atoms with E-state index in [0.29, 0.717) is 17.8 Å². The van der Waals surface area contributed by atoms with Gasteiger partial charge in [-0.25, -0.2) is 4.98 Å². The molecule has 1 amide bonds. The largest absolute Gasteiger partial charge is 0.333 e. The first-order valence-corrected chi connectivity index (χ1v) is 7.26. The fourth-order valence-electron chi connectivity index (χ4n) is 2.81. The molecule has 1 saturated carbocycles. The van der Waals surface area contributed by atoms with Gasteiger partial charge in [-0.1, -0.05) is 6.42 Å². The van der Waals surface area contributed by atoms with Gasteiger partial charge in [-0.3, -0.25) is 4.79 Å². The third kappa shape index (κ3) is 2.81. The summed E-state index contributed by atoms with van der Waals surface area (Å²) in [6.07, 6.45) is 9.38. The van der Waals surface area contributed by atoms with Crippen LogP contribution in [0.1, 0.15) is 42.6 Å². The van der Waals surface area contributed by atoms with Crippen LogP contribution < -0.4 is 5.32 Å². The lowest BCUT2D eigenvalue weighted by atomic mass is 10.0. The third-order valence-electron chi connectivity index (χ3n) is 4.11. The van der Waals surface area contributed by atoms with Crippen molar-refractivity contribution in [1.82, 2.24) is 19.8 Å². The van der Waals surface area contributed by atoms with Crippen LogP contribution in [0.5, 0.6) is 0 Å². The molecule has 0 spiro atoms. The zero-order valence-electron chi connectivity index (χ0n) is 11.5. The highest BCUT2D eigenvalue weighted by molar-refractivity contribution is 5.92. The van der Waals surface area contributed by atoms with Crippen molar-refractivity contribution in [3.63, 3.8) is 0 Å². The quantitative estimate of drug-likeness (QED) is 0.886. The molecule has 0 bridgehead atoms. The number of nitrogens with zero attached hydrogens (tertiary/aromatic N) is 3. The molecule has 3 rings (SSSR count). The van der Waals surface area contributed by atoms with Gasteiger partial charge in [0.1, 0.15) is 5.69 Å². The van der Waals surface area contributed by atoms with Gasteiger partial charge in [-0.05, 0) is 32.2 Å². The predicted octanol–water partition coefficient (Wildman–Crippen LogP) is 1.17. The summed E-state index contributed by atoms with van der Waals surface area (Å²) in [5.74, 6) is 0.134. The van der Waals surface area contributed by atoms with Crippen LogP contribution in [0.25, 0.3) is 0 Å². The second-order valence-corrected chi connectivity index (χ2v) is 5.73. The van der Waals surface area contributed by atoms with Crippen LogP contribution in [0.2, 0.25) is 0 Å². The number of rotatable bonds is 4. The number of nitrogens with one attached hydrogen (secondary N) is 1. The fraction of sp³-hybridized carbons (Fsp3) is 0.714. The van der Waals surface area contributed by atoms with E-state index in [1.54, 1.807) is 12.5 Å². The molecule has 2 aliphatic rings. The van der Waals surface area contributed by atoms with Crippen LogP contribution in [0.15, 0.2) is 12.5 Å². The lowest BCUT2D eigenvalue weighted by molar-refractivity contribution is 0.0708. The molecule has 19 heavy (non-hydrogen) atoms. The van der Waals surface area contributed by atoms with Crippen LogP contribution >= 0.6 is 0 Å². The number of amides is 1. The highest BCUT2D eigenvalue weighted by atomic mass is 16.2. The second-order valence-electron chi connectivity index (χ2n) is 5.73. The standard InChI is InChI=1S/C14H22N4O/c1-17-10-15-8-13(17)14(19)18(12-5-6-12)9-11-4-2-3-7-16-11/h8,10-12,16H,2-7,9H2,1H3. The van der Waals surface area contributed by atoms with E-state index >= 15 is 0 Å². The molecule has 1 aliphatic carbocycles. The molecule has 2 heterocycles. The first-order valence-electron chi connectivity index (χ1n) is 7.26. The van der Waals surface area contributed by atoms with Crippen LogP contribution in [-0.4, -0.2) is 45.5 Å². The predicted molar refractivity (Wildman–Crippen MR) is 72.9 cm³/mol. The van der Waals surface area contributed by atoms with Gasteiger partial charge in [0.15, 0.2) is 0 Å². The Bertz CT molecular complexity index is 446. The first-order chi connectivity index (χ1) is 9.25. The minimum atomic E-state index is 0.134. The highest BCUT2D eigenvalue weighted by Crippen LogP contribution is 2.29. The topological polar surface area (TPSA) is 50.2 Å². The molecule has 5 heteroatoms. The molecule has 1 atom stereocenters. The number of piperidine rings is 1. The molecular formula is C14H22N4O. The van der Waals surface area contributed by atoms with Gasteiger partial charge >= 0.3 is 0 Å². The second kappa shape index (κ2) is 5.33. The van der Waals surface area contributed by atoms with E-state index in [0.717, 1.165) is 25.9 Å². The number of aromatic nitrogens is 2. The van der Waals surface area contributed by atoms with Gasteiger partial charge in [0.25, 0.3) is 5.91 Å². The van der Waals surface area contributed by atoms with Gasteiger partial charge in [0.2, 0.25) is 0 Å². The zero-order chi connectivity index (χ0) is 13.2. The van der Waals surface area contributed by atoms with Gasteiger partial charge in [-0.15, -0.1) is 0 Å². The Morgan fingerprint density at radius 3 is 2.89 bits per heavy atom. The maximum Gasteiger partial charge on any atom is 0.272 e. The van der Waals surface area contributed by atoms with Crippen molar-refractivity contribution in [3.05, 3.63) is 18.2 Å². The monoisotopic (exact) mass is 262 g/mol. The highest BCUT2D eigenvalue weighted by Gasteiger charge is 2.35. The fourth-order valence-corrected chi connectivity index (χ4v) is 2.81. The molecule has 1 aromatic rings. The summed E-state index contributed by atoms with van der Waals surface area (Å²) in [6, 6.07) is 0.914. The average Bonchev–Trinajstić information content (AvgIpc) is 3.18. The number of imidazole rings is 1. The SMILES string of the molecule is Cn1cncc1C(=O)N(CC1CCCCN1)C1CC1. The Morgan fingerprint density at radius 1 is 1.47 bits per heavy atom. The number of carbonyl (C=O) groups excluding carboxylic acids is 1. The third-order valence-corrected chi connectivity index (χ3v) is 4.11. The minimum absolute atomic E-state index is 0.134. The van der Waals surface area contributed by atoms with Crippen molar-refractivity contribution >= 4 is 5.91 Å². The number of aryl methyl sites for hydroxylation is 1. The summed E-state index contributed by atoms with van der Waals surface area (Å²) >= 11 is 0. The molecule has 0 aromatic carbocycles. The van der Waals surface area contributed by atoms with E-state index < -0.39 is 0 Å². The Balaban J connectivity index is 1.70. The molecule has 104 valence electrons. The molecule has 1 saturated heterocycles. The van der Waals surface area contributed by atoms with Crippen molar-refractivity contribution in [1.29, 1.82) is 0 Å². The van der Waals surface area contributed by atoms with Crippen molar-refractivity contribution in [2.24, 2.45) is 7.05 Å². The van der Waals surface area contributed by atoms with E-state index in [1.165, 1.54) is 19.3 Å². The summed E-state index contributed by atoms with van der Waals surface area (Å²) in [5, 5.41) is 3.53. The number of hydrogen-bond acceptors (Lipinski definition) is 3. The normalized spacial score (nSPS) is 23.3. The average molecular weight is 262 g/mol. The lowest BCUT2D eigenvalue weighted by Crippen LogP contribution is -2.47. The molecule has 0 radical (unpaired) electrons. The van der Waals surface area contributed by atoms with Crippen molar-refractivity contribution in [3.8, 4) is 0 Å². The number of carbonyl (C=O) groups is 1. The van der Waals surface area contributed by atoms with E-state index in [-0.39, 0.29) is 5.91 Å². The Kier molecular flexibility index (Phi) is 3.55. The molecule has 1 aromatic heterocycles.